The fraction of sp³-hybridized carbons (Fsp3) is 0.556. The molecule has 20 heavy (non-hydrogen) atoms. The van der Waals surface area contributed by atoms with Crippen molar-refractivity contribution in [2.24, 2.45) is 11.1 Å². The molecule has 2 rings (SSSR count). The first-order valence-electron chi connectivity index (χ1n) is 7.84. The quantitative estimate of drug-likeness (QED) is 0.746. The van der Waals surface area contributed by atoms with Crippen LogP contribution in [0.4, 0.5) is 0 Å². The third-order valence-corrected chi connectivity index (χ3v) is 4.31. The van der Waals surface area contributed by atoms with Crippen LogP contribution in [0.2, 0.25) is 0 Å². The number of fused-ring (bicyclic) bond motifs is 1. The summed E-state index contributed by atoms with van der Waals surface area (Å²) in [6.45, 7) is 8.64. The number of nitrogens with two attached hydrogens (primary N) is 1. The minimum Gasteiger partial charge on any atom is -0.347 e. The number of unbranched alkanes of at least 4 members (excludes halogenated alkanes) is 1. The van der Waals surface area contributed by atoms with Gasteiger partial charge in [0.1, 0.15) is 0 Å². The van der Waals surface area contributed by atoms with Crippen molar-refractivity contribution >= 4 is 10.9 Å². The Morgan fingerprint density at radius 1 is 1.15 bits per heavy atom. The first-order chi connectivity index (χ1) is 9.57. The van der Waals surface area contributed by atoms with Crippen LogP contribution in [0.15, 0.2) is 30.5 Å². The lowest BCUT2D eigenvalue weighted by Crippen LogP contribution is -2.23. The summed E-state index contributed by atoms with van der Waals surface area (Å²) in [5.41, 5.74) is 8.95. The summed E-state index contributed by atoms with van der Waals surface area (Å²) in [5.74, 6) is 0. The average Bonchev–Trinajstić information content (AvgIpc) is 2.87. The Morgan fingerprint density at radius 2 is 1.95 bits per heavy atom. The van der Waals surface area contributed by atoms with E-state index >= 15 is 0 Å². The lowest BCUT2D eigenvalue weighted by atomic mass is 9.87. The van der Waals surface area contributed by atoms with Gasteiger partial charge in [0.2, 0.25) is 0 Å². The van der Waals surface area contributed by atoms with Gasteiger partial charge in [0.15, 0.2) is 0 Å². The predicted octanol–water partition coefficient (Wildman–Crippen LogP) is 4.36. The van der Waals surface area contributed by atoms with Crippen LogP contribution in [0, 0.1) is 5.41 Å². The van der Waals surface area contributed by atoms with E-state index in [0.29, 0.717) is 0 Å². The summed E-state index contributed by atoms with van der Waals surface area (Å²) >= 11 is 0. The zero-order valence-corrected chi connectivity index (χ0v) is 13.2. The molecule has 0 saturated carbocycles. The molecule has 1 aromatic carbocycles. The summed E-state index contributed by atoms with van der Waals surface area (Å²) in [6.07, 6.45) is 7.02. The van der Waals surface area contributed by atoms with E-state index in [1.807, 2.05) is 0 Å². The number of nitrogens with zero attached hydrogens (tertiary/aromatic N) is 1. The zero-order valence-electron chi connectivity index (χ0n) is 13.2. The maximum Gasteiger partial charge on any atom is 0.0512 e. The molecule has 0 fully saturated rings. The van der Waals surface area contributed by atoms with Crippen molar-refractivity contribution in [3.05, 3.63) is 36.0 Å². The minimum atomic E-state index is 0.285. The highest BCUT2D eigenvalue weighted by Gasteiger charge is 2.14. The minimum absolute atomic E-state index is 0.285. The van der Waals surface area contributed by atoms with E-state index in [1.54, 1.807) is 0 Å². The summed E-state index contributed by atoms with van der Waals surface area (Å²) < 4.78 is 2.42. The average molecular weight is 272 g/mol. The van der Waals surface area contributed by atoms with E-state index in [9.17, 15) is 0 Å². The van der Waals surface area contributed by atoms with Crippen LogP contribution in [0.25, 0.3) is 10.9 Å². The van der Waals surface area contributed by atoms with Crippen molar-refractivity contribution in [2.45, 2.75) is 53.0 Å². The van der Waals surface area contributed by atoms with Crippen LogP contribution < -0.4 is 5.73 Å². The number of aromatic nitrogens is 1. The van der Waals surface area contributed by atoms with Crippen molar-refractivity contribution in [2.75, 3.05) is 6.54 Å². The van der Waals surface area contributed by atoms with Crippen LogP contribution >= 0.6 is 0 Å². The smallest absolute Gasteiger partial charge is 0.0512 e. The highest BCUT2D eigenvalue weighted by molar-refractivity contribution is 5.83. The van der Waals surface area contributed by atoms with Crippen molar-refractivity contribution in [3.8, 4) is 0 Å². The van der Waals surface area contributed by atoms with Crippen LogP contribution in [0.3, 0.4) is 0 Å². The lowest BCUT2D eigenvalue weighted by Gasteiger charge is -2.22. The Bertz CT molecular complexity index is 552. The van der Waals surface area contributed by atoms with Crippen LogP contribution in [0.1, 0.15) is 45.6 Å². The predicted molar refractivity (Wildman–Crippen MR) is 88.0 cm³/mol. The Kier molecular flexibility index (Phi) is 4.87. The van der Waals surface area contributed by atoms with Gasteiger partial charge < -0.3 is 10.3 Å². The van der Waals surface area contributed by atoms with E-state index in [0.717, 1.165) is 19.5 Å². The van der Waals surface area contributed by atoms with E-state index in [4.69, 9.17) is 5.73 Å². The number of hydrogen-bond acceptors (Lipinski definition) is 1. The molecule has 0 spiro atoms. The van der Waals surface area contributed by atoms with Crippen molar-refractivity contribution in [1.82, 2.24) is 4.57 Å². The normalized spacial score (nSPS) is 12.2. The highest BCUT2D eigenvalue weighted by atomic mass is 14.9. The first-order valence-corrected chi connectivity index (χ1v) is 7.84. The molecule has 1 heterocycles. The number of rotatable bonds is 7. The van der Waals surface area contributed by atoms with Crippen LogP contribution in [-0.2, 0) is 13.0 Å². The molecule has 0 saturated heterocycles. The van der Waals surface area contributed by atoms with Crippen LogP contribution in [0.5, 0.6) is 0 Å². The molecule has 0 aliphatic rings. The molecule has 0 aliphatic carbocycles. The van der Waals surface area contributed by atoms with E-state index in [1.165, 1.54) is 35.7 Å². The second-order valence-electron chi connectivity index (χ2n) is 6.54. The summed E-state index contributed by atoms with van der Waals surface area (Å²) in [6, 6.07) is 8.85. The second-order valence-corrected chi connectivity index (χ2v) is 6.54. The molecule has 0 atom stereocenters. The van der Waals surface area contributed by atoms with Gasteiger partial charge in [0.05, 0.1) is 5.52 Å². The Hall–Kier alpha value is -1.28. The van der Waals surface area contributed by atoms with Gasteiger partial charge in [-0.3, -0.25) is 0 Å². The first kappa shape index (κ1) is 15.1. The van der Waals surface area contributed by atoms with Gasteiger partial charge in [-0.25, -0.2) is 0 Å². The van der Waals surface area contributed by atoms with Crippen molar-refractivity contribution in [1.29, 1.82) is 0 Å². The molecule has 2 heteroatoms. The van der Waals surface area contributed by atoms with Gasteiger partial charge in [-0.1, -0.05) is 45.4 Å². The standard InChI is InChI=1S/C18H28N2/c1-4-15-8-7-9-16-10-13-20(17(15)16)12-6-5-11-18(2,3)14-19/h7-10,13H,4-6,11-12,14,19H2,1-3H3. The zero-order chi connectivity index (χ0) is 14.6. The van der Waals surface area contributed by atoms with Gasteiger partial charge in [0, 0.05) is 12.7 Å². The van der Waals surface area contributed by atoms with Gasteiger partial charge in [-0.05, 0) is 48.2 Å². The molecule has 0 radical (unpaired) electrons. The number of aryl methyl sites for hydroxylation is 2. The van der Waals surface area contributed by atoms with Crippen LogP contribution in [-0.4, -0.2) is 11.1 Å². The van der Waals surface area contributed by atoms with E-state index in [2.05, 4.69) is 55.8 Å². The third-order valence-electron chi connectivity index (χ3n) is 4.31. The fourth-order valence-corrected chi connectivity index (χ4v) is 2.80. The summed E-state index contributed by atoms with van der Waals surface area (Å²) in [5, 5.41) is 1.37. The second kappa shape index (κ2) is 6.45. The number of para-hydroxylation sites is 1. The van der Waals surface area contributed by atoms with E-state index in [-0.39, 0.29) is 5.41 Å². The molecule has 2 nitrogen and oxygen atoms in total. The van der Waals surface area contributed by atoms with Gasteiger partial charge in [0.25, 0.3) is 0 Å². The topological polar surface area (TPSA) is 30.9 Å². The van der Waals surface area contributed by atoms with Gasteiger partial charge >= 0.3 is 0 Å². The van der Waals surface area contributed by atoms with Gasteiger partial charge in [-0.2, -0.15) is 0 Å². The molecule has 0 unspecified atom stereocenters. The largest absolute Gasteiger partial charge is 0.347 e. The highest BCUT2D eigenvalue weighted by Crippen LogP contribution is 2.24. The van der Waals surface area contributed by atoms with E-state index < -0.39 is 0 Å². The SMILES string of the molecule is CCc1cccc2ccn(CCCCC(C)(C)CN)c12. The maximum absolute atomic E-state index is 5.79. The molecular weight excluding hydrogens is 244 g/mol. The van der Waals surface area contributed by atoms with Crippen molar-refractivity contribution in [3.63, 3.8) is 0 Å². The molecule has 110 valence electrons. The molecule has 2 N–H and O–H groups in total. The fourth-order valence-electron chi connectivity index (χ4n) is 2.80. The maximum atomic E-state index is 5.79. The van der Waals surface area contributed by atoms with Crippen molar-refractivity contribution < 1.29 is 0 Å². The summed E-state index contributed by atoms with van der Waals surface area (Å²) in [4.78, 5) is 0. The number of hydrogen-bond donors (Lipinski definition) is 1. The third kappa shape index (κ3) is 3.43. The molecule has 1 aromatic heterocycles. The lowest BCUT2D eigenvalue weighted by molar-refractivity contribution is 0.329. The Labute approximate surface area is 123 Å². The Balaban J connectivity index is 2.00. The molecule has 0 amide bonds. The molecule has 2 aromatic rings. The molecular formula is C18H28N2. The molecule has 0 bridgehead atoms. The van der Waals surface area contributed by atoms with Gasteiger partial charge in [-0.15, -0.1) is 0 Å². The number of benzene rings is 1. The monoisotopic (exact) mass is 272 g/mol. The molecule has 0 aliphatic heterocycles. The summed E-state index contributed by atoms with van der Waals surface area (Å²) in [7, 11) is 0. The Morgan fingerprint density at radius 3 is 2.65 bits per heavy atom.